The van der Waals surface area contributed by atoms with Crippen molar-refractivity contribution < 1.29 is 14.7 Å². The Morgan fingerprint density at radius 2 is 1.62 bits per heavy atom. The van der Waals surface area contributed by atoms with Gasteiger partial charge in [-0.3, -0.25) is 4.79 Å². The second-order valence-corrected chi connectivity index (χ2v) is 6.88. The van der Waals surface area contributed by atoms with Crippen molar-refractivity contribution in [3.05, 3.63) is 59.0 Å². The van der Waals surface area contributed by atoms with Gasteiger partial charge in [0.2, 0.25) is 5.91 Å². The lowest BCUT2D eigenvalue weighted by atomic mass is 10.1. The van der Waals surface area contributed by atoms with Crippen LogP contribution in [0.5, 0.6) is 0 Å². The lowest BCUT2D eigenvalue weighted by Gasteiger charge is -2.05. The molecular formula is C19H16N3O3S-. The zero-order valence-corrected chi connectivity index (χ0v) is 15.0. The fourth-order valence-corrected chi connectivity index (χ4v) is 3.30. The smallest absolute Gasteiger partial charge is 0.221 e. The highest BCUT2D eigenvalue weighted by Gasteiger charge is 2.10. The van der Waals surface area contributed by atoms with E-state index in [2.05, 4.69) is 15.6 Å². The summed E-state index contributed by atoms with van der Waals surface area (Å²) in [5.74, 6) is -1.31. The van der Waals surface area contributed by atoms with Gasteiger partial charge in [0, 0.05) is 28.7 Å². The number of carboxylic acids is 1. The first kappa shape index (κ1) is 17.6. The summed E-state index contributed by atoms with van der Waals surface area (Å²) in [6, 6.07) is 13.8. The monoisotopic (exact) mass is 366 g/mol. The van der Waals surface area contributed by atoms with Gasteiger partial charge in [-0.05, 0) is 36.8 Å². The van der Waals surface area contributed by atoms with Crippen LogP contribution in [-0.2, 0) is 4.79 Å². The lowest BCUT2D eigenvalue weighted by Crippen LogP contribution is -2.21. The topological polar surface area (TPSA) is 94.2 Å². The van der Waals surface area contributed by atoms with Crippen LogP contribution in [0, 0.1) is 6.92 Å². The number of thiazole rings is 1. The van der Waals surface area contributed by atoms with Gasteiger partial charge in [0.25, 0.3) is 0 Å². The molecule has 1 aromatic heterocycles. The van der Waals surface area contributed by atoms with Crippen LogP contribution >= 0.6 is 11.3 Å². The molecule has 6 nitrogen and oxygen atoms in total. The molecule has 26 heavy (non-hydrogen) atoms. The van der Waals surface area contributed by atoms with Gasteiger partial charge in [-0.15, -0.1) is 11.3 Å². The summed E-state index contributed by atoms with van der Waals surface area (Å²) in [6.07, 6.45) is 0. The minimum absolute atomic E-state index is 0.112. The van der Waals surface area contributed by atoms with E-state index in [1.807, 2.05) is 31.2 Å². The fraction of sp³-hybridized carbons (Fsp3) is 0.105. The van der Waals surface area contributed by atoms with Gasteiger partial charge in [0.05, 0.1) is 11.7 Å². The van der Waals surface area contributed by atoms with Gasteiger partial charge in [0.15, 0.2) is 5.13 Å². The number of carbonyl (C=O) groups is 2. The van der Waals surface area contributed by atoms with Crippen molar-refractivity contribution in [2.45, 2.75) is 13.8 Å². The van der Waals surface area contributed by atoms with Crippen LogP contribution in [0.1, 0.15) is 22.2 Å². The first-order valence-corrected chi connectivity index (χ1v) is 8.68. The minimum atomic E-state index is -1.20. The number of hydrogen-bond donors (Lipinski definition) is 2. The molecule has 0 saturated carbocycles. The van der Waals surface area contributed by atoms with Crippen molar-refractivity contribution in [1.82, 2.24) is 4.98 Å². The van der Waals surface area contributed by atoms with Crippen LogP contribution in [0.15, 0.2) is 48.5 Å². The first-order valence-electron chi connectivity index (χ1n) is 7.86. The molecule has 1 heterocycles. The van der Waals surface area contributed by atoms with Crippen LogP contribution < -0.4 is 15.7 Å². The summed E-state index contributed by atoms with van der Waals surface area (Å²) >= 11 is 1.51. The van der Waals surface area contributed by atoms with E-state index in [-0.39, 0.29) is 11.5 Å². The summed E-state index contributed by atoms with van der Waals surface area (Å²) in [5.41, 5.74) is 3.43. The molecule has 0 aliphatic carbocycles. The summed E-state index contributed by atoms with van der Waals surface area (Å²) in [5, 5.41) is 17.4. The number of aromatic nitrogens is 1. The molecule has 2 N–H and O–H groups in total. The summed E-state index contributed by atoms with van der Waals surface area (Å²) in [7, 11) is 0. The van der Waals surface area contributed by atoms with E-state index >= 15 is 0 Å². The maximum atomic E-state index is 11.1. The molecule has 3 aromatic rings. The Labute approximate surface area is 154 Å². The van der Waals surface area contributed by atoms with E-state index in [4.69, 9.17) is 0 Å². The molecule has 132 valence electrons. The molecule has 0 aliphatic heterocycles. The highest BCUT2D eigenvalue weighted by Crippen LogP contribution is 2.32. The number of hydrogen-bond acceptors (Lipinski definition) is 6. The van der Waals surface area contributed by atoms with Gasteiger partial charge in [-0.1, -0.05) is 24.3 Å². The van der Waals surface area contributed by atoms with Gasteiger partial charge in [-0.25, -0.2) is 4.98 Å². The molecule has 7 heteroatoms. The molecular weight excluding hydrogens is 350 g/mol. The number of carboxylic acid groups (broad SMARTS) is 1. The Kier molecular flexibility index (Phi) is 4.99. The average molecular weight is 366 g/mol. The van der Waals surface area contributed by atoms with E-state index < -0.39 is 5.97 Å². The van der Waals surface area contributed by atoms with Gasteiger partial charge < -0.3 is 20.5 Å². The highest BCUT2D eigenvalue weighted by molar-refractivity contribution is 7.16. The van der Waals surface area contributed by atoms with E-state index in [0.29, 0.717) is 5.13 Å². The van der Waals surface area contributed by atoms with E-state index in [0.717, 1.165) is 27.5 Å². The molecule has 0 bridgehead atoms. The molecule has 2 aromatic carbocycles. The Morgan fingerprint density at radius 3 is 2.19 bits per heavy atom. The molecule has 0 unspecified atom stereocenters. The largest absolute Gasteiger partial charge is 0.545 e. The van der Waals surface area contributed by atoms with Crippen molar-refractivity contribution in [2.75, 3.05) is 10.6 Å². The Balaban J connectivity index is 1.78. The highest BCUT2D eigenvalue weighted by atomic mass is 32.1. The zero-order valence-electron chi connectivity index (χ0n) is 14.2. The quantitative estimate of drug-likeness (QED) is 0.723. The number of nitrogens with one attached hydrogen (secondary N) is 2. The number of carbonyl (C=O) groups excluding carboxylic acids is 2. The van der Waals surface area contributed by atoms with Gasteiger partial charge in [-0.2, -0.15) is 0 Å². The maximum Gasteiger partial charge on any atom is 0.221 e. The number of anilines is 3. The van der Waals surface area contributed by atoms with E-state index in [1.165, 1.54) is 30.4 Å². The maximum absolute atomic E-state index is 11.1. The van der Waals surface area contributed by atoms with Crippen LogP contribution in [0.2, 0.25) is 0 Å². The number of benzene rings is 2. The fourth-order valence-electron chi connectivity index (χ4n) is 2.45. The van der Waals surface area contributed by atoms with Crippen molar-refractivity contribution >= 4 is 39.7 Å². The Hall–Kier alpha value is -3.19. The molecule has 0 radical (unpaired) electrons. The standard InChI is InChI=1S/C19H17N3O3S/c1-11-17(13-3-7-15(8-4-13)20-12(2)23)22-19(26-11)21-16-9-5-14(6-10-16)18(24)25/h3-10H,1-2H3,(H,20,23)(H,21,22)(H,24,25)/p-1. The van der Waals surface area contributed by atoms with Crippen molar-refractivity contribution in [3.63, 3.8) is 0 Å². The molecule has 3 rings (SSSR count). The van der Waals surface area contributed by atoms with Crippen molar-refractivity contribution in [2.24, 2.45) is 0 Å². The predicted molar refractivity (Wildman–Crippen MR) is 101 cm³/mol. The van der Waals surface area contributed by atoms with Crippen LogP contribution in [0.25, 0.3) is 11.3 Å². The van der Waals surface area contributed by atoms with Crippen molar-refractivity contribution in [3.8, 4) is 11.3 Å². The third-order valence-corrected chi connectivity index (χ3v) is 4.53. The zero-order chi connectivity index (χ0) is 18.7. The van der Waals surface area contributed by atoms with Crippen molar-refractivity contribution in [1.29, 1.82) is 0 Å². The molecule has 0 spiro atoms. The predicted octanol–water partition coefficient (Wildman–Crippen LogP) is 3.18. The third-order valence-electron chi connectivity index (χ3n) is 3.65. The summed E-state index contributed by atoms with van der Waals surface area (Å²) < 4.78 is 0. The average Bonchev–Trinajstić information content (AvgIpc) is 2.96. The molecule has 1 amide bonds. The normalized spacial score (nSPS) is 10.4. The second kappa shape index (κ2) is 7.37. The molecule has 0 saturated heterocycles. The van der Waals surface area contributed by atoms with Gasteiger partial charge >= 0.3 is 0 Å². The Morgan fingerprint density at radius 1 is 1.00 bits per heavy atom. The second-order valence-electron chi connectivity index (χ2n) is 5.67. The molecule has 0 aliphatic rings. The van der Waals surface area contributed by atoms with Gasteiger partial charge in [0.1, 0.15) is 0 Å². The number of amides is 1. The minimum Gasteiger partial charge on any atom is -0.545 e. The molecule has 0 fully saturated rings. The van der Waals surface area contributed by atoms with E-state index in [9.17, 15) is 14.7 Å². The number of nitrogens with zero attached hydrogens (tertiary/aromatic N) is 1. The van der Waals surface area contributed by atoms with E-state index in [1.54, 1.807) is 12.1 Å². The summed E-state index contributed by atoms with van der Waals surface area (Å²) in [6.45, 7) is 3.45. The summed E-state index contributed by atoms with van der Waals surface area (Å²) in [4.78, 5) is 27.5. The van der Waals surface area contributed by atoms with Crippen LogP contribution in [-0.4, -0.2) is 16.9 Å². The number of rotatable bonds is 5. The lowest BCUT2D eigenvalue weighted by molar-refractivity contribution is -0.255. The van der Waals surface area contributed by atoms with Crippen LogP contribution in [0.3, 0.4) is 0 Å². The molecule has 0 atom stereocenters. The number of aryl methyl sites for hydroxylation is 1. The SMILES string of the molecule is CC(=O)Nc1ccc(-c2nc(Nc3ccc(C(=O)[O-])cc3)sc2C)cc1. The Bertz CT molecular complexity index is 947. The van der Waals surface area contributed by atoms with Crippen LogP contribution in [0.4, 0.5) is 16.5 Å². The first-order chi connectivity index (χ1) is 12.4. The number of aromatic carboxylic acids is 1. The third kappa shape index (κ3) is 4.07.